The maximum atomic E-state index is 13.7. The van der Waals surface area contributed by atoms with E-state index in [2.05, 4.69) is 38.5 Å². The first kappa shape index (κ1) is 28.4. The number of benzene rings is 4. The number of amidine groups is 1. The van der Waals surface area contributed by atoms with Crippen LogP contribution in [0.15, 0.2) is 99.3 Å². The molecule has 1 saturated heterocycles. The smallest absolute Gasteiger partial charge is 0.271 e. The van der Waals surface area contributed by atoms with Gasteiger partial charge in [0.05, 0.1) is 27.0 Å². The van der Waals surface area contributed by atoms with Crippen LogP contribution in [-0.2, 0) is 11.4 Å². The van der Waals surface area contributed by atoms with Crippen LogP contribution < -0.4 is 14.4 Å². The zero-order chi connectivity index (χ0) is 28.2. The summed E-state index contributed by atoms with van der Waals surface area (Å²) in [5, 5.41) is 0.611. The Morgan fingerprint density at radius 2 is 1.60 bits per heavy atom. The standard InChI is InChI=1S/C32H26BrIN2O3S/c1-20-4-12-25(13-5-20)35-32-36(26-14-6-21(2)7-15-26)31(37)29(40-32)18-23-16-27(34)30(28(17-23)38-3)39-19-22-8-10-24(33)11-9-22/h4-18H,19H2,1-3H3/b29-18-,35-32?. The number of nitrogens with zero attached hydrogens (tertiary/aromatic N) is 2. The Labute approximate surface area is 260 Å². The van der Waals surface area contributed by atoms with Gasteiger partial charge in [-0.2, -0.15) is 0 Å². The highest BCUT2D eigenvalue weighted by Gasteiger charge is 2.35. The van der Waals surface area contributed by atoms with Gasteiger partial charge in [0, 0.05) is 4.47 Å². The minimum absolute atomic E-state index is 0.121. The molecular formula is C32H26BrIN2O3S. The van der Waals surface area contributed by atoms with E-state index in [1.54, 1.807) is 12.0 Å². The van der Waals surface area contributed by atoms with Crippen LogP contribution in [0.3, 0.4) is 0 Å². The first-order valence-corrected chi connectivity index (χ1v) is 15.2. The minimum atomic E-state index is -0.121. The van der Waals surface area contributed by atoms with Gasteiger partial charge in [0.2, 0.25) is 0 Å². The second kappa shape index (κ2) is 12.6. The lowest BCUT2D eigenvalue weighted by atomic mass is 10.1. The molecule has 0 aliphatic carbocycles. The van der Waals surface area contributed by atoms with E-state index in [0.717, 1.165) is 41.7 Å². The number of ether oxygens (including phenoxy) is 2. The molecule has 4 aromatic carbocycles. The second-order valence-electron chi connectivity index (χ2n) is 9.27. The molecule has 0 bridgehead atoms. The van der Waals surface area contributed by atoms with Crippen molar-refractivity contribution in [2.75, 3.05) is 12.0 Å². The van der Waals surface area contributed by atoms with E-state index in [9.17, 15) is 4.79 Å². The fourth-order valence-corrected chi connectivity index (χ4v) is 6.10. The summed E-state index contributed by atoms with van der Waals surface area (Å²) in [6, 6.07) is 27.7. The number of hydrogen-bond acceptors (Lipinski definition) is 5. The first-order chi connectivity index (χ1) is 19.3. The van der Waals surface area contributed by atoms with Gasteiger partial charge in [-0.3, -0.25) is 9.69 Å². The van der Waals surface area contributed by atoms with Crippen LogP contribution in [-0.4, -0.2) is 18.2 Å². The van der Waals surface area contributed by atoms with Crippen molar-refractivity contribution in [2.45, 2.75) is 20.5 Å². The number of carbonyl (C=O) groups excluding carboxylic acids is 1. The van der Waals surface area contributed by atoms with Gasteiger partial charge < -0.3 is 9.47 Å². The summed E-state index contributed by atoms with van der Waals surface area (Å²) in [6.07, 6.45) is 1.88. The molecule has 202 valence electrons. The molecule has 40 heavy (non-hydrogen) atoms. The van der Waals surface area contributed by atoms with Crippen LogP contribution in [0.5, 0.6) is 11.5 Å². The summed E-state index contributed by atoms with van der Waals surface area (Å²) in [7, 11) is 1.62. The summed E-state index contributed by atoms with van der Waals surface area (Å²) < 4.78 is 13.7. The molecule has 0 unspecified atom stereocenters. The third-order valence-corrected chi connectivity index (χ3v) is 8.50. The Morgan fingerprint density at radius 1 is 0.950 bits per heavy atom. The zero-order valence-electron chi connectivity index (χ0n) is 22.2. The van der Waals surface area contributed by atoms with E-state index in [0.29, 0.717) is 28.2 Å². The van der Waals surface area contributed by atoms with Crippen molar-refractivity contribution in [3.63, 3.8) is 0 Å². The molecule has 0 spiro atoms. The van der Waals surface area contributed by atoms with Gasteiger partial charge in [0.25, 0.3) is 5.91 Å². The highest BCUT2D eigenvalue weighted by Crippen LogP contribution is 2.40. The molecule has 0 N–H and O–H groups in total. The molecule has 0 radical (unpaired) electrons. The third kappa shape index (κ3) is 6.62. The highest BCUT2D eigenvalue weighted by atomic mass is 127. The Bertz CT molecular complexity index is 1600. The molecule has 1 fully saturated rings. The number of methoxy groups -OCH3 is 1. The predicted octanol–water partition coefficient (Wildman–Crippen LogP) is 9.07. The van der Waals surface area contributed by atoms with Crippen molar-refractivity contribution < 1.29 is 14.3 Å². The summed E-state index contributed by atoms with van der Waals surface area (Å²) in [5.41, 5.74) is 5.75. The summed E-state index contributed by atoms with van der Waals surface area (Å²) in [5.74, 6) is 1.15. The van der Waals surface area contributed by atoms with Gasteiger partial charge in [0.15, 0.2) is 16.7 Å². The van der Waals surface area contributed by atoms with E-state index in [-0.39, 0.29) is 5.91 Å². The number of amides is 1. The molecule has 4 aromatic rings. The quantitative estimate of drug-likeness (QED) is 0.141. The first-order valence-electron chi connectivity index (χ1n) is 12.5. The van der Waals surface area contributed by atoms with Crippen LogP contribution >= 0.6 is 50.3 Å². The maximum absolute atomic E-state index is 13.7. The average Bonchev–Trinajstić information content (AvgIpc) is 3.24. The van der Waals surface area contributed by atoms with Gasteiger partial charge in [-0.15, -0.1) is 0 Å². The van der Waals surface area contributed by atoms with E-state index in [1.165, 1.54) is 11.8 Å². The molecule has 0 atom stereocenters. The van der Waals surface area contributed by atoms with Crippen LogP contribution in [0.2, 0.25) is 0 Å². The normalized spacial score (nSPS) is 15.2. The van der Waals surface area contributed by atoms with Crippen LogP contribution in [0.4, 0.5) is 11.4 Å². The Balaban J connectivity index is 1.46. The Kier molecular flexibility index (Phi) is 8.97. The van der Waals surface area contributed by atoms with Crippen molar-refractivity contribution >= 4 is 78.8 Å². The second-order valence-corrected chi connectivity index (χ2v) is 12.4. The number of thioether (sulfide) groups is 1. The molecule has 1 heterocycles. The lowest BCUT2D eigenvalue weighted by molar-refractivity contribution is -0.113. The number of halogens is 2. The molecule has 0 aromatic heterocycles. The highest BCUT2D eigenvalue weighted by molar-refractivity contribution is 14.1. The topological polar surface area (TPSA) is 51.1 Å². The number of aliphatic imine (C=N–C) groups is 1. The molecule has 5 nitrogen and oxygen atoms in total. The van der Waals surface area contributed by atoms with Crippen molar-refractivity contribution in [1.29, 1.82) is 0 Å². The fourth-order valence-electron chi connectivity index (χ4n) is 4.05. The molecule has 0 saturated carbocycles. The van der Waals surface area contributed by atoms with Crippen molar-refractivity contribution in [3.8, 4) is 11.5 Å². The zero-order valence-corrected chi connectivity index (χ0v) is 26.7. The van der Waals surface area contributed by atoms with Crippen LogP contribution in [0.1, 0.15) is 22.3 Å². The largest absolute Gasteiger partial charge is 0.493 e. The number of anilines is 1. The maximum Gasteiger partial charge on any atom is 0.271 e. The van der Waals surface area contributed by atoms with E-state index in [4.69, 9.17) is 14.5 Å². The molecule has 5 rings (SSSR count). The Morgan fingerprint density at radius 3 is 2.25 bits per heavy atom. The number of hydrogen-bond donors (Lipinski definition) is 0. The molecule has 1 amide bonds. The third-order valence-electron chi connectivity index (χ3n) is 6.20. The van der Waals surface area contributed by atoms with Crippen molar-refractivity contribution in [3.05, 3.63) is 120 Å². The molecular weight excluding hydrogens is 699 g/mol. The monoisotopic (exact) mass is 724 g/mol. The van der Waals surface area contributed by atoms with Crippen LogP contribution in [0.25, 0.3) is 6.08 Å². The Hall–Kier alpha value is -3.08. The average molecular weight is 725 g/mol. The lowest BCUT2D eigenvalue weighted by Crippen LogP contribution is -2.28. The fraction of sp³-hybridized carbons (Fsp3) is 0.125. The summed E-state index contributed by atoms with van der Waals surface area (Å²) >= 11 is 7.07. The summed E-state index contributed by atoms with van der Waals surface area (Å²) in [4.78, 5) is 20.8. The van der Waals surface area contributed by atoms with Crippen molar-refractivity contribution in [2.24, 2.45) is 4.99 Å². The van der Waals surface area contributed by atoms with Crippen molar-refractivity contribution in [1.82, 2.24) is 0 Å². The molecule has 1 aliphatic heterocycles. The van der Waals surface area contributed by atoms with E-state index in [1.807, 2.05) is 105 Å². The minimum Gasteiger partial charge on any atom is -0.493 e. The lowest BCUT2D eigenvalue weighted by Gasteiger charge is -2.16. The van der Waals surface area contributed by atoms with Gasteiger partial charge in [0.1, 0.15) is 6.61 Å². The number of aryl methyl sites for hydroxylation is 2. The van der Waals surface area contributed by atoms with Gasteiger partial charge in [-0.25, -0.2) is 4.99 Å². The van der Waals surface area contributed by atoms with Crippen LogP contribution in [0, 0.1) is 17.4 Å². The number of rotatable bonds is 7. The van der Waals surface area contributed by atoms with E-state index >= 15 is 0 Å². The number of carbonyl (C=O) groups is 1. The molecule has 8 heteroatoms. The summed E-state index contributed by atoms with van der Waals surface area (Å²) in [6.45, 7) is 4.48. The molecule has 1 aliphatic rings. The predicted molar refractivity (Wildman–Crippen MR) is 177 cm³/mol. The van der Waals surface area contributed by atoms with Gasteiger partial charge >= 0.3 is 0 Å². The van der Waals surface area contributed by atoms with Gasteiger partial charge in [-0.05, 0) is 114 Å². The van der Waals surface area contributed by atoms with Gasteiger partial charge in [-0.1, -0.05) is 63.5 Å². The van der Waals surface area contributed by atoms with E-state index < -0.39 is 0 Å². The SMILES string of the molecule is COc1cc(/C=C2\SC(=Nc3ccc(C)cc3)N(c3ccc(C)cc3)C2=O)cc(I)c1OCc1ccc(Br)cc1.